The summed E-state index contributed by atoms with van der Waals surface area (Å²) in [6.07, 6.45) is 1.11. The van der Waals surface area contributed by atoms with Gasteiger partial charge in [-0.25, -0.2) is 0 Å². The first-order chi connectivity index (χ1) is 9.24. The van der Waals surface area contributed by atoms with Gasteiger partial charge in [-0.15, -0.1) is 0 Å². The number of hydrogen-bond acceptors (Lipinski definition) is 1. The summed E-state index contributed by atoms with van der Waals surface area (Å²) in [7, 11) is 0. The number of rotatable bonds is 3. The van der Waals surface area contributed by atoms with Crippen LogP contribution in [-0.4, -0.2) is 10.2 Å². The Morgan fingerprint density at radius 1 is 1.05 bits per heavy atom. The average molecular weight is 250 g/mol. The Balaban J connectivity index is 2.11. The fraction of sp³-hybridized carbons (Fsp3) is 0.235. The van der Waals surface area contributed by atoms with Gasteiger partial charge in [0.25, 0.3) is 0 Å². The van der Waals surface area contributed by atoms with Crippen molar-refractivity contribution >= 4 is 10.9 Å². The minimum atomic E-state index is 0.671. The van der Waals surface area contributed by atoms with Crippen LogP contribution in [0.5, 0.6) is 0 Å². The number of hydrogen-bond donors (Lipinski definition) is 1. The van der Waals surface area contributed by atoms with E-state index in [1.54, 1.807) is 0 Å². The van der Waals surface area contributed by atoms with E-state index in [1.807, 2.05) is 18.2 Å². The zero-order chi connectivity index (χ0) is 13.2. The van der Waals surface area contributed by atoms with Crippen molar-refractivity contribution in [2.75, 3.05) is 0 Å². The summed E-state index contributed by atoms with van der Waals surface area (Å²) < 4.78 is 0. The zero-order valence-corrected chi connectivity index (χ0v) is 11.4. The van der Waals surface area contributed by atoms with Crippen molar-refractivity contribution in [2.24, 2.45) is 5.92 Å². The summed E-state index contributed by atoms with van der Waals surface area (Å²) in [5, 5.41) is 8.79. The Hall–Kier alpha value is -2.09. The Labute approximate surface area is 113 Å². The van der Waals surface area contributed by atoms with Crippen molar-refractivity contribution in [2.45, 2.75) is 20.3 Å². The van der Waals surface area contributed by atoms with Gasteiger partial charge in [-0.1, -0.05) is 50.2 Å². The van der Waals surface area contributed by atoms with Crippen LogP contribution in [0.3, 0.4) is 0 Å². The second kappa shape index (κ2) is 4.88. The van der Waals surface area contributed by atoms with Gasteiger partial charge in [-0.3, -0.25) is 5.10 Å². The molecule has 0 saturated heterocycles. The van der Waals surface area contributed by atoms with E-state index in [2.05, 4.69) is 54.4 Å². The molecule has 2 heteroatoms. The molecule has 0 unspecified atom stereocenters. The van der Waals surface area contributed by atoms with Crippen molar-refractivity contribution in [1.29, 1.82) is 0 Å². The number of nitrogens with one attached hydrogen (secondary N) is 1. The van der Waals surface area contributed by atoms with Crippen molar-refractivity contribution in [3.63, 3.8) is 0 Å². The fourth-order valence-corrected chi connectivity index (χ4v) is 2.48. The molecule has 0 amide bonds. The monoisotopic (exact) mass is 250 g/mol. The first-order valence-electron chi connectivity index (χ1n) is 6.76. The van der Waals surface area contributed by atoms with E-state index in [0.717, 1.165) is 23.2 Å². The van der Waals surface area contributed by atoms with Crippen LogP contribution in [0.1, 0.15) is 19.4 Å². The van der Waals surface area contributed by atoms with E-state index in [9.17, 15) is 0 Å². The van der Waals surface area contributed by atoms with Crippen LogP contribution >= 0.6 is 0 Å². The lowest BCUT2D eigenvalue weighted by Gasteiger charge is -2.05. The number of aromatic nitrogens is 2. The third-order valence-electron chi connectivity index (χ3n) is 3.32. The number of H-pyrrole nitrogens is 1. The Kier molecular flexibility index (Phi) is 3.08. The predicted octanol–water partition coefficient (Wildman–Crippen LogP) is 4.43. The van der Waals surface area contributed by atoms with Gasteiger partial charge in [-0.05, 0) is 30.0 Å². The second-order valence-electron chi connectivity index (χ2n) is 5.42. The van der Waals surface area contributed by atoms with E-state index >= 15 is 0 Å². The van der Waals surface area contributed by atoms with Crippen molar-refractivity contribution in [3.05, 3.63) is 54.1 Å². The van der Waals surface area contributed by atoms with Crippen LogP contribution in [0.15, 0.2) is 48.5 Å². The van der Waals surface area contributed by atoms with Crippen LogP contribution in [0.25, 0.3) is 22.2 Å². The first kappa shape index (κ1) is 12.0. The molecule has 3 aromatic rings. The van der Waals surface area contributed by atoms with Crippen LogP contribution in [-0.2, 0) is 6.42 Å². The second-order valence-corrected chi connectivity index (χ2v) is 5.42. The van der Waals surface area contributed by atoms with Crippen LogP contribution in [0.2, 0.25) is 0 Å². The molecule has 19 heavy (non-hydrogen) atoms. The van der Waals surface area contributed by atoms with Gasteiger partial charge in [0, 0.05) is 10.9 Å². The predicted molar refractivity (Wildman–Crippen MR) is 80.1 cm³/mol. The summed E-state index contributed by atoms with van der Waals surface area (Å²) in [4.78, 5) is 0. The maximum absolute atomic E-state index is 4.46. The Morgan fingerprint density at radius 3 is 2.58 bits per heavy atom. The van der Waals surface area contributed by atoms with E-state index in [0.29, 0.717) is 5.92 Å². The van der Waals surface area contributed by atoms with Gasteiger partial charge in [0.2, 0.25) is 0 Å². The average Bonchev–Trinajstić information content (AvgIpc) is 2.82. The smallest absolute Gasteiger partial charge is 0.0999 e. The standard InChI is InChI=1S/C17H18N2/c1-12(2)10-13-8-9-16-15(11-13)17(19-18-16)14-6-4-3-5-7-14/h3-9,11-12H,10H2,1-2H3,(H,18,19). The lowest BCUT2D eigenvalue weighted by Crippen LogP contribution is -1.93. The molecule has 2 nitrogen and oxygen atoms in total. The first-order valence-corrected chi connectivity index (χ1v) is 6.76. The molecule has 1 aromatic heterocycles. The quantitative estimate of drug-likeness (QED) is 0.732. The van der Waals surface area contributed by atoms with E-state index in [4.69, 9.17) is 0 Å². The molecule has 0 atom stereocenters. The topological polar surface area (TPSA) is 28.7 Å². The number of aromatic amines is 1. The highest BCUT2D eigenvalue weighted by Gasteiger charge is 2.08. The number of nitrogens with zero attached hydrogens (tertiary/aromatic N) is 1. The molecule has 0 saturated carbocycles. The van der Waals surface area contributed by atoms with Crippen molar-refractivity contribution in [1.82, 2.24) is 10.2 Å². The summed E-state index contributed by atoms with van der Waals surface area (Å²) >= 11 is 0. The van der Waals surface area contributed by atoms with Crippen molar-refractivity contribution < 1.29 is 0 Å². The van der Waals surface area contributed by atoms with Crippen LogP contribution < -0.4 is 0 Å². The molecule has 3 rings (SSSR count). The molecule has 0 fully saturated rings. The highest BCUT2D eigenvalue weighted by molar-refractivity contribution is 5.93. The molecule has 0 aliphatic carbocycles. The largest absolute Gasteiger partial charge is 0.277 e. The fourth-order valence-electron chi connectivity index (χ4n) is 2.48. The molecule has 2 aromatic carbocycles. The van der Waals surface area contributed by atoms with Crippen LogP contribution in [0.4, 0.5) is 0 Å². The normalized spacial score (nSPS) is 11.3. The van der Waals surface area contributed by atoms with E-state index in [1.165, 1.54) is 10.9 Å². The molecule has 1 N–H and O–H groups in total. The SMILES string of the molecule is CC(C)Cc1ccc2[nH]nc(-c3ccccc3)c2c1. The van der Waals surface area contributed by atoms with Crippen LogP contribution in [0, 0.1) is 5.92 Å². The number of benzene rings is 2. The highest BCUT2D eigenvalue weighted by Crippen LogP contribution is 2.27. The molecule has 1 heterocycles. The third kappa shape index (κ3) is 2.39. The van der Waals surface area contributed by atoms with Gasteiger partial charge >= 0.3 is 0 Å². The Bertz CT molecular complexity index is 681. The van der Waals surface area contributed by atoms with E-state index < -0.39 is 0 Å². The van der Waals surface area contributed by atoms with Gasteiger partial charge in [0.1, 0.15) is 0 Å². The summed E-state index contributed by atoms with van der Waals surface area (Å²) in [6, 6.07) is 16.9. The van der Waals surface area contributed by atoms with Crippen molar-refractivity contribution in [3.8, 4) is 11.3 Å². The molecular weight excluding hydrogens is 232 g/mol. The van der Waals surface area contributed by atoms with Gasteiger partial charge in [-0.2, -0.15) is 5.10 Å². The Morgan fingerprint density at radius 2 is 1.84 bits per heavy atom. The maximum atomic E-state index is 4.46. The summed E-state index contributed by atoms with van der Waals surface area (Å²) in [5.74, 6) is 0.671. The summed E-state index contributed by atoms with van der Waals surface area (Å²) in [5.41, 5.74) is 4.68. The molecule has 0 spiro atoms. The minimum Gasteiger partial charge on any atom is -0.277 e. The zero-order valence-electron chi connectivity index (χ0n) is 11.4. The molecule has 96 valence electrons. The molecule has 0 bridgehead atoms. The van der Waals surface area contributed by atoms with Gasteiger partial charge < -0.3 is 0 Å². The lowest BCUT2D eigenvalue weighted by molar-refractivity contribution is 0.648. The molecular formula is C17H18N2. The molecule has 0 radical (unpaired) electrons. The summed E-state index contributed by atoms with van der Waals surface area (Å²) in [6.45, 7) is 4.50. The highest BCUT2D eigenvalue weighted by atomic mass is 15.1. The van der Waals surface area contributed by atoms with Gasteiger partial charge in [0.15, 0.2) is 0 Å². The maximum Gasteiger partial charge on any atom is 0.0999 e. The molecule has 0 aliphatic rings. The molecule has 0 aliphatic heterocycles. The third-order valence-corrected chi connectivity index (χ3v) is 3.32. The van der Waals surface area contributed by atoms with Gasteiger partial charge in [0.05, 0.1) is 11.2 Å². The lowest BCUT2D eigenvalue weighted by atomic mass is 10.00. The van der Waals surface area contributed by atoms with E-state index in [-0.39, 0.29) is 0 Å². The number of fused-ring (bicyclic) bond motifs is 1. The minimum absolute atomic E-state index is 0.671.